The van der Waals surface area contributed by atoms with E-state index in [2.05, 4.69) is 39.6 Å². The molecule has 4 heterocycles. The van der Waals surface area contributed by atoms with E-state index in [4.69, 9.17) is 0 Å². The first-order valence-corrected chi connectivity index (χ1v) is 11.2. The lowest BCUT2D eigenvalue weighted by Gasteiger charge is -2.51. The maximum absolute atomic E-state index is 13.2. The highest BCUT2D eigenvalue weighted by molar-refractivity contribution is 5.84. The summed E-state index contributed by atoms with van der Waals surface area (Å²) in [5, 5.41) is 0. The monoisotopic (exact) mass is 400 g/mol. The summed E-state index contributed by atoms with van der Waals surface area (Å²) in [5.74, 6) is 0.935. The molecule has 3 atom stereocenters. The van der Waals surface area contributed by atoms with Crippen LogP contribution in [0.4, 0.5) is 0 Å². The first-order valence-electron chi connectivity index (χ1n) is 11.2. The third kappa shape index (κ3) is 2.99. The minimum Gasteiger partial charge on any atom is -0.348 e. The summed E-state index contributed by atoms with van der Waals surface area (Å²) >= 11 is 0. The Hall–Kier alpha value is -1.93. The quantitative estimate of drug-likeness (QED) is 0.701. The van der Waals surface area contributed by atoms with Gasteiger partial charge in [-0.05, 0) is 38.0 Å². The predicted octanol–water partition coefficient (Wildman–Crippen LogP) is 0.913. The van der Waals surface area contributed by atoms with Gasteiger partial charge >= 0.3 is 0 Å². The summed E-state index contributed by atoms with van der Waals surface area (Å²) in [7, 11) is 0. The van der Waals surface area contributed by atoms with Gasteiger partial charge in [-0.1, -0.05) is 13.8 Å². The van der Waals surface area contributed by atoms with Crippen molar-refractivity contribution < 1.29 is 9.59 Å². The number of carbonyl (C=O) groups excluding carboxylic acids is 2. The van der Waals surface area contributed by atoms with Crippen molar-refractivity contribution in [1.82, 2.24) is 30.6 Å². The first kappa shape index (κ1) is 19.1. The van der Waals surface area contributed by atoms with Gasteiger partial charge in [0.05, 0.1) is 17.6 Å². The van der Waals surface area contributed by atoms with Gasteiger partial charge in [0.15, 0.2) is 0 Å². The Morgan fingerprint density at radius 3 is 2.59 bits per heavy atom. The van der Waals surface area contributed by atoms with Crippen molar-refractivity contribution in [3.8, 4) is 0 Å². The van der Waals surface area contributed by atoms with Gasteiger partial charge in [0.1, 0.15) is 6.04 Å². The van der Waals surface area contributed by atoms with Crippen molar-refractivity contribution in [2.75, 3.05) is 19.6 Å². The number of aromatic nitrogens is 2. The second kappa shape index (κ2) is 7.09. The SMILES string of the molecule is CCC1NNC(C(=O)N2CCC3(CC2)c2nc[nH]c2CCN3C(=O)C2CC2)C1C. The molecule has 1 aliphatic carbocycles. The van der Waals surface area contributed by atoms with Gasteiger partial charge < -0.3 is 14.8 Å². The van der Waals surface area contributed by atoms with Gasteiger partial charge in [0, 0.05) is 43.7 Å². The summed E-state index contributed by atoms with van der Waals surface area (Å²) in [6, 6.07) is 0.155. The van der Waals surface area contributed by atoms with E-state index in [-0.39, 0.29) is 29.3 Å². The molecule has 1 aromatic heterocycles. The molecule has 0 aromatic carbocycles. The smallest absolute Gasteiger partial charge is 0.241 e. The highest BCUT2D eigenvalue weighted by Crippen LogP contribution is 2.45. The second-order valence-electron chi connectivity index (χ2n) is 9.24. The van der Waals surface area contributed by atoms with Crippen LogP contribution >= 0.6 is 0 Å². The van der Waals surface area contributed by atoms with Crippen LogP contribution in [0.15, 0.2) is 6.33 Å². The van der Waals surface area contributed by atoms with Crippen LogP contribution in [0.25, 0.3) is 0 Å². The fourth-order valence-electron chi connectivity index (χ4n) is 5.60. The van der Waals surface area contributed by atoms with Crippen molar-refractivity contribution in [2.24, 2.45) is 11.8 Å². The number of likely N-dealkylation sites (tertiary alicyclic amines) is 1. The van der Waals surface area contributed by atoms with Crippen molar-refractivity contribution in [2.45, 2.75) is 70.0 Å². The van der Waals surface area contributed by atoms with E-state index in [0.29, 0.717) is 25.0 Å². The van der Waals surface area contributed by atoms with Crippen LogP contribution in [0, 0.1) is 11.8 Å². The van der Waals surface area contributed by atoms with Crippen molar-refractivity contribution in [3.05, 3.63) is 17.7 Å². The standard InChI is InChI=1S/C21H32N6O2/c1-3-15-13(2)17(25-24-15)20(29)26-10-7-21(8-11-26)18-16(22-12-23-18)6-9-27(21)19(28)14-4-5-14/h12-15,17,24-25H,3-11H2,1-2H3,(H,22,23). The Kier molecular flexibility index (Phi) is 4.66. The van der Waals surface area contributed by atoms with Gasteiger partial charge in [-0.15, -0.1) is 0 Å². The minimum atomic E-state index is -0.358. The van der Waals surface area contributed by atoms with Crippen LogP contribution in [0.3, 0.4) is 0 Å². The van der Waals surface area contributed by atoms with Gasteiger partial charge in [0.25, 0.3) is 0 Å². The van der Waals surface area contributed by atoms with E-state index < -0.39 is 0 Å². The van der Waals surface area contributed by atoms with E-state index in [1.165, 1.54) is 0 Å². The lowest BCUT2D eigenvalue weighted by molar-refractivity contribution is -0.146. The molecule has 4 aliphatic rings. The Labute approximate surface area is 171 Å². The molecule has 5 rings (SSSR count). The molecule has 3 unspecified atom stereocenters. The fourth-order valence-corrected chi connectivity index (χ4v) is 5.60. The zero-order chi connectivity index (χ0) is 20.2. The number of fused-ring (bicyclic) bond motifs is 2. The zero-order valence-corrected chi connectivity index (χ0v) is 17.4. The van der Waals surface area contributed by atoms with E-state index in [1.54, 1.807) is 6.33 Å². The van der Waals surface area contributed by atoms with Gasteiger partial charge in [-0.3, -0.25) is 15.0 Å². The number of aromatic amines is 1. The Balaban J connectivity index is 1.35. The molecular weight excluding hydrogens is 368 g/mol. The topological polar surface area (TPSA) is 93.4 Å². The molecule has 3 fully saturated rings. The molecule has 0 bridgehead atoms. The van der Waals surface area contributed by atoms with E-state index in [0.717, 1.165) is 56.5 Å². The number of nitrogens with zero attached hydrogens (tertiary/aromatic N) is 3. The minimum absolute atomic E-state index is 0.175. The highest BCUT2D eigenvalue weighted by atomic mass is 16.2. The average Bonchev–Trinajstić information content (AvgIpc) is 3.35. The summed E-state index contributed by atoms with van der Waals surface area (Å²) in [4.78, 5) is 38.3. The largest absolute Gasteiger partial charge is 0.348 e. The number of hydrazine groups is 1. The molecule has 2 saturated heterocycles. The number of nitrogens with one attached hydrogen (secondary N) is 3. The number of imidazole rings is 1. The molecule has 3 N–H and O–H groups in total. The van der Waals surface area contributed by atoms with Crippen LogP contribution < -0.4 is 10.9 Å². The number of amides is 2. The average molecular weight is 401 g/mol. The Morgan fingerprint density at radius 1 is 1.17 bits per heavy atom. The van der Waals surface area contributed by atoms with Crippen molar-refractivity contribution >= 4 is 11.8 Å². The molecule has 29 heavy (non-hydrogen) atoms. The summed E-state index contributed by atoms with van der Waals surface area (Å²) in [5.41, 5.74) is 8.32. The normalized spacial score (nSPS) is 31.2. The van der Waals surface area contributed by atoms with Gasteiger partial charge in [-0.2, -0.15) is 0 Å². The lowest BCUT2D eigenvalue weighted by atomic mass is 9.78. The van der Waals surface area contributed by atoms with Crippen LogP contribution in [0.1, 0.15) is 57.3 Å². The van der Waals surface area contributed by atoms with Crippen molar-refractivity contribution in [3.63, 3.8) is 0 Å². The maximum atomic E-state index is 13.2. The van der Waals surface area contributed by atoms with Gasteiger partial charge in [0.2, 0.25) is 11.8 Å². The van der Waals surface area contributed by atoms with Crippen LogP contribution in [-0.2, 0) is 21.5 Å². The fraction of sp³-hybridized carbons (Fsp3) is 0.762. The molecular formula is C21H32N6O2. The molecule has 1 saturated carbocycles. The highest BCUT2D eigenvalue weighted by Gasteiger charge is 2.52. The molecule has 8 nitrogen and oxygen atoms in total. The summed E-state index contributed by atoms with van der Waals surface area (Å²) < 4.78 is 0. The van der Waals surface area contributed by atoms with Crippen LogP contribution in [0.5, 0.6) is 0 Å². The van der Waals surface area contributed by atoms with Crippen molar-refractivity contribution in [1.29, 1.82) is 0 Å². The molecule has 158 valence electrons. The number of hydrogen-bond acceptors (Lipinski definition) is 5. The number of hydrogen-bond donors (Lipinski definition) is 3. The lowest BCUT2D eigenvalue weighted by Crippen LogP contribution is -2.60. The molecule has 1 spiro atoms. The summed E-state index contributed by atoms with van der Waals surface area (Å²) in [6.45, 7) is 6.37. The third-order valence-corrected chi connectivity index (χ3v) is 7.65. The predicted molar refractivity (Wildman–Crippen MR) is 108 cm³/mol. The Morgan fingerprint density at radius 2 is 1.93 bits per heavy atom. The summed E-state index contributed by atoms with van der Waals surface area (Å²) in [6.07, 6.45) is 7.16. The zero-order valence-electron chi connectivity index (χ0n) is 17.4. The second-order valence-corrected chi connectivity index (χ2v) is 9.24. The first-order chi connectivity index (χ1) is 14.0. The van der Waals surface area contributed by atoms with Crippen LogP contribution in [-0.4, -0.2) is 63.3 Å². The third-order valence-electron chi connectivity index (χ3n) is 7.65. The molecule has 2 amide bonds. The molecule has 8 heteroatoms. The van der Waals surface area contributed by atoms with E-state index >= 15 is 0 Å². The van der Waals surface area contributed by atoms with E-state index in [1.807, 2.05) is 4.90 Å². The Bertz CT molecular complexity index is 795. The van der Waals surface area contributed by atoms with Crippen LogP contribution in [0.2, 0.25) is 0 Å². The molecule has 1 aromatic rings. The molecule has 0 radical (unpaired) electrons. The van der Waals surface area contributed by atoms with E-state index in [9.17, 15) is 9.59 Å². The molecule has 3 aliphatic heterocycles. The number of rotatable bonds is 3. The number of piperidine rings is 1. The number of carbonyl (C=O) groups is 2. The van der Waals surface area contributed by atoms with Gasteiger partial charge in [-0.25, -0.2) is 10.4 Å². The number of H-pyrrole nitrogens is 1. The maximum Gasteiger partial charge on any atom is 0.241 e.